The van der Waals surface area contributed by atoms with Gasteiger partial charge in [-0.25, -0.2) is 0 Å². The summed E-state index contributed by atoms with van der Waals surface area (Å²) in [5, 5.41) is 8.36. The van der Waals surface area contributed by atoms with E-state index in [-0.39, 0.29) is 18.0 Å². The van der Waals surface area contributed by atoms with E-state index in [4.69, 9.17) is 0 Å². The molecule has 5 heteroatoms. The van der Waals surface area contributed by atoms with Gasteiger partial charge in [-0.2, -0.15) is 0 Å². The van der Waals surface area contributed by atoms with E-state index in [2.05, 4.69) is 39.6 Å². The van der Waals surface area contributed by atoms with Crippen molar-refractivity contribution in [2.45, 2.75) is 19.0 Å². The van der Waals surface area contributed by atoms with Crippen molar-refractivity contribution in [3.63, 3.8) is 0 Å². The van der Waals surface area contributed by atoms with E-state index in [0.29, 0.717) is 0 Å². The molecular formula is C14H13BrN2OS. The van der Waals surface area contributed by atoms with Gasteiger partial charge in [-0.15, -0.1) is 11.3 Å². The molecule has 3 rings (SSSR count). The minimum Gasteiger partial charge on any atom is -0.324 e. The van der Waals surface area contributed by atoms with Crippen molar-refractivity contribution in [3.8, 4) is 0 Å². The lowest BCUT2D eigenvalue weighted by atomic mass is 10.1. The van der Waals surface area contributed by atoms with Gasteiger partial charge in [0.05, 0.1) is 0 Å². The van der Waals surface area contributed by atoms with Crippen LogP contribution in [0.5, 0.6) is 0 Å². The molecule has 1 aliphatic rings. The van der Waals surface area contributed by atoms with Gasteiger partial charge in [0, 0.05) is 26.6 Å². The molecule has 1 aliphatic heterocycles. The van der Waals surface area contributed by atoms with Crippen LogP contribution in [0.3, 0.4) is 0 Å². The van der Waals surface area contributed by atoms with Crippen molar-refractivity contribution in [2.24, 2.45) is 0 Å². The number of anilines is 1. The van der Waals surface area contributed by atoms with Crippen molar-refractivity contribution in [1.82, 2.24) is 5.32 Å². The molecular weight excluding hydrogens is 324 g/mol. The Morgan fingerprint density at radius 3 is 2.95 bits per heavy atom. The number of fused-ring (bicyclic) bond motifs is 1. The van der Waals surface area contributed by atoms with Gasteiger partial charge in [-0.05, 0) is 30.5 Å². The zero-order valence-electron chi connectivity index (χ0n) is 10.3. The third kappa shape index (κ3) is 2.33. The summed E-state index contributed by atoms with van der Waals surface area (Å²) < 4.78 is 0.958. The fourth-order valence-electron chi connectivity index (χ4n) is 2.30. The standard InChI is InChI=1S/C14H13BrN2OS/c1-8(11-6-3-7-19-11)16-13-12-9(15)4-2-5-10(12)17-14(13)18/h2-8,13,16H,1H3,(H,17,18). The van der Waals surface area contributed by atoms with E-state index in [1.807, 2.05) is 29.6 Å². The maximum absolute atomic E-state index is 12.1. The average molecular weight is 337 g/mol. The molecule has 0 aliphatic carbocycles. The summed E-state index contributed by atoms with van der Waals surface area (Å²) in [6, 6.07) is 9.76. The monoisotopic (exact) mass is 336 g/mol. The van der Waals surface area contributed by atoms with Crippen LogP contribution in [0.1, 0.15) is 29.4 Å². The van der Waals surface area contributed by atoms with E-state index >= 15 is 0 Å². The number of hydrogen-bond donors (Lipinski definition) is 2. The third-order valence-corrected chi connectivity index (χ3v) is 4.99. The first-order valence-electron chi connectivity index (χ1n) is 6.05. The first kappa shape index (κ1) is 12.8. The fourth-order valence-corrected chi connectivity index (χ4v) is 3.64. The smallest absolute Gasteiger partial charge is 0.246 e. The normalized spacial score (nSPS) is 19.1. The molecule has 3 nitrogen and oxygen atoms in total. The Morgan fingerprint density at radius 2 is 2.21 bits per heavy atom. The van der Waals surface area contributed by atoms with Crippen LogP contribution in [0.2, 0.25) is 0 Å². The summed E-state index contributed by atoms with van der Waals surface area (Å²) in [6.07, 6.45) is 0. The first-order valence-corrected chi connectivity index (χ1v) is 7.73. The van der Waals surface area contributed by atoms with Crippen LogP contribution in [-0.2, 0) is 4.79 Å². The zero-order valence-corrected chi connectivity index (χ0v) is 12.7. The average Bonchev–Trinajstić information content (AvgIpc) is 2.99. The van der Waals surface area contributed by atoms with E-state index in [0.717, 1.165) is 15.7 Å². The van der Waals surface area contributed by atoms with Gasteiger partial charge in [0.25, 0.3) is 0 Å². The van der Waals surface area contributed by atoms with Crippen LogP contribution in [0.25, 0.3) is 0 Å². The predicted molar refractivity (Wildman–Crippen MR) is 81.4 cm³/mol. The van der Waals surface area contributed by atoms with Gasteiger partial charge in [0.1, 0.15) is 6.04 Å². The molecule has 2 atom stereocenters. The fraction of sp³-hybridized carbons (Fsp3) is 0.214. The maximum Gasteiger partial charge on any atom is 0.246 e. The second kappa shape index (κ2) is 5.07. The maximum atomic E-state index is 12.1. The Balaban J connectivity index is 1.88. The quantitative estimate of drug-likeness (QED) is 0.893. The molecule has 2 N–H and O–H groups in total. The molecule has 2 heterocycles. The molecule has 2 aromatic rings. The number of carbonyl (C=O) groups excluding carboxylic acids is 1. The van der Waals surface area contributed by atoms with Crippen molar-refractivity contribution in [3.05, 3.63) is 50.6 Å². The summed E-state index contributed by atoms with van der Waals surface area (Å²) in [6.45, 7) is 2.08. The summed E-state index contributed by atoms with van der Waals surface area (Å²) in [5.41, 5.74) is 1.88. The van der Waals surface area contributed by atoms with Crippen LogP contribution in [0.4, 0.5) is 5.69 Å². The van der Waals surface area contributed by atoms with Gasteiger partial charge in [-0.1, -0.05) is 28.1 Å². The third-order valence-electron chi connectivity index (χ3n) is 3.25. The molecule has 2 unspecified atom stereocenters. The van der Waals surface area contributed by atoms with Gasteiger partial charge in [0.2, 0.25) is 5.91 Å². The minimum atomic E-state index is -0.303. The first-order chi connectivity index (χ1) is 9.16. The van der Waals surface area contributed by atoms with Crippen LogP contribution in [0, 0.1) is 0 Å². The summed E-state index contributed by atoms with van der Waals surface area (Å²) >= 11 is 5.22. The molecule has 1 aromatic carbocycles. The predicted octanol–water partition coefficient (Wildman–Crippen LogP) is 3.85. The highest BCUT2D eigenvalue weighted by Gasteiger charge is 2.33. The molecule has 0 bridgehead atoms. The number of carbonyl (C=O) groups is 1. The lowest BCUT2D eigenvalue weighted by Crippen LogP contribution is -2.29. The number of halogens is 1. The Kier molecular flexibility index (Phi) is 3.43. The second-order valence-electron chi connectivity index (χ2n) is 4.53. The van der Waals surface area contributed by atoms with Crippen molar-refractivity contribution >= 4 is 38.9 Å². The molecule has 98 valence electrons. The summed E-state index contributed by atoms with van der Waals surface area (Å²) in [7, 11) is 0. The Hall–Kier alpha value is -1.17. The largest absolute Gasteiger partial charge is 0.324 e. The van der Waals surface area contributed by atoms with Gasteiger partial charge >= 0.3 is 0 Å². The second-order valence-corrected chi connectivity index (χ2v) is 6.36. The lowest BCUT2D eigenvalue weighted by Gasteiger charge is -2.18. The number of thiophene rings is 1. The molecule has 1 amide bonds. The molecule has 0 fully saturated rings. The van der Waals surface area contributed by atoms with Crippen LogP contribution < -0.4 is 10.6 Å². The van der Waals surface area contributed by atoms with Crippen LogP contribution >= 0.6 is 27.3 Å². The van der Waals surface area contributed by atoms with Crippen molar-refractivity contribution < 1.29 is 4.79 Å². The van der Waals surface area contributed by atoms with Crippen molar-refractivity contribution in [1.29, 1.82) is 0 Å². The van der Waals surface area contributed by atoms with E-state index < -0.39 is 0 Å². The lowest BCUT2D eigenvalue weighted by molar-refractivity contribution is -0.117. The number of nitrogens with one attached hydrogen (secondary N) is 2. The number of benzene rings is 1. The summed E-state index contributed by atoms with van der Waals surface area (Å²) in [5.74, 6) is 0.00491. The highest BCUT2D eigenvalue weighted by atomic mass is 79.9. The molecule has 0 spiro atoms. The van der Waals surface area contributed by atoms with E-state index in [9.17, 15) is 4.79 Å². The van der Waals surface area contributed by atoms with E-state index in [1.165, 1.54) is 4.88 Å². The number of amides is 1. The highest BCUT2D eigenvalue weighted by Crippen LogP contribution is 2.37. The van der Waals surface area contributed by atoms with Crippen molar-refractivity contribution in [2.75, 3.05) is 5.32 Å². The topological polar surface area (TPSA) is 41.1 Å². The van der Waals surface area contributed by atoms with Crippen LogP contribution in [-0.4, -0.2) is 5.91 Å². The Bertz CT molecular complexity index is 612. The van der Waals surface area contributed by atoms with Crippen LogP contribution in [0.15, 0.2) is 40.2 Å². The van der Waals surface area contributed by atoms with Gasteiger partial charge in [0.15, 0.2) is 0 Å². The van der Waals surface area contributed by atoms with Gasteiger partial charge < -0.3 is 5.32 Å². The van der Waals surface area contributed by atoms with E-state index in [1.54, 1.807) is 11.3 Å². The molecule has 19 heavy (non-hydrogen) atoms. The highest BCUT2D eigenvalue weighted by molar-refractivity contribution is 9.10. The minimum absolute atomic E-state index is 0.00491. The Labute approximate surface area is 124 Å². The SMILES string of the molecule is CC(NC1C(=O)Nc2cccc(Br)c21)c1cccs1. The van der Waals surface area contributed by atoms with Gasteiger partial charge in [-0.3, -0.25) is 10.1 Å². The molecule has 0 saturated heterocycles. The number of hydrogen-bond acceptors (Lipinski definition) is 3. The Morgan fingerprint density at radius 1 is 1.37 bits per heavy atom. The molecule has 1 aromatic heterocycles. The molecule has 0 saturated carbocycles. The molecule has 0 radical (unpaired) electrons. The summed E-state index contributed by atoms with van der Waals surface area (Å²) in [4.78, 5) is 13.3. The number of rotatable bonds is 3. The zero-order chi connectivity index (χ0) is 13.4.